The van der Waals surface area contributed by atoms with Gasteiger partial charge in [-0.15, -0.1) is 0 Å². The lowest BCUT2D eigenvalue weighted by atomic mass is 9.98. The van der Waals surface area contributed by atoms with E-state index in [4.69, 9.17) is 15.3 Å². The predicted molar refractivity (Wildman–Crippen MR) is 34.6 cm³/mol. The maximum absolute atomic E-state index is 9.19. The number of aliphatic hydroxyl groups excluding tert-OH is 3. The molecule has 5 heteroatoms. The molecule has 66 valence electrons. The Balaban J connectivity index is 2.67. The summed E-state index contributed by atoms with van der Waals surface area (Å²) in [4.78, 5) is 0. The van der Waals surface area contributed by atoms with Crippen molar-refractivity contribution in [3.8, 4) is 0 Å². The average Bonchev–Trinajstić information content (AvgIpc) is 1.95. The van der Waals surface area contributed by atoms with Crippen LogP contribution in [0.4, 0.5) is 0 Å². The number of rotatable bonds is 0. The van der Waals surface area contributed by atoms with Crippen LogP contribution in [0.25, 0.3) is 0 Å². The van der Waals surface area contributed by atoms with Crippen LogP contribution < -0.4 is 0 Å². The van der Waals surface area contributed by atoms with E-state index in [-0.39, 0.29) is 6.61 Å². The molecule has 1 aliphatic heterocycles. The molecule has 0 aliphatic carbocycles. The first-order valence-electron chi connectivity index (χ1n) is 3.35. The standard InChI is InChI=1S/C6H12O5/c1-6(10)5(9)4(8)3(7)2-11-6/h3-5,7-10H,2H2,1H3/t3-,4?,5-,6?/m0/s1. The van der Waals surface area contributed by atoms with Crippen LogP contribution >= 0.6 is 0 Å². The van der Waals surface area contributed by atoms with E-state index in [1.807, 2.05) is 0 Å². The lowest BCUT2D eigenvalue weighted by Crippen LogP contribution is -2.59. The van der Waals surface area contributed by atoms with Gasteiger partial charge in [0, 0.05) is 0 Å². The van der Waals surface area contributed by atoms with Gasteiger partial charge in [-0.25, -0.2) is 0 Å². The van der Waals surface area contributed by atoms with Crippen LogP contribution in [-0.4, -0.2) is 51.1 Å². The van der Waals surface area contributed by atoms with Crippen LogP contribution in [-0.2, 0) is 4.74 Å². The highest BCUT2D eigenvalue weighted by Crippen LogP contribution is 2.22. The molecule has 0 amide bonds. The highest BCUT2D eigenvalue weighted by molar-refractivity contribution is 4.88. The molecule has 11 heavy (non-hydrogen) atoms. The predicted octanol–water partition coefficient (Wildman–Crippen LogP) is -2.19. The van der Waals surface area contributed by atoms with Crippen LogP contribution in [0.15, 0.2) is 0 Å². The fourth-order valence-electron chi connectivity index (χ4n) is 0.965. The molecule has 0 aromatic heterocycles. The molecule has 4 atom stereocenters. The van der Waals surface area contributed by atoms with Gasteiger partial charge in [-0.05, 0) is 6.92 Å². The largest absolute Gasteiger partial charge is 0.388 e. The summed E-state index contributed by atoms with van der Waals surface area (Å²) in [6, 6.07) is 0. The van der Waals surface area contributed by atoms with Crippen molar-refractivity contribution in [2.24, 2.45) is 0 Å². The van der Waals surface area contributed by atoms with E-state index in [1.165, 1.54) is 6.92 Å². The van der Waals surface area contributed by atoms with Crippen LogP contribution in [0.5, 0.6) is 0 Å². The molecule has 1 fully saturated rings. The second-order valence-electron chi connectivity index (χ2n) is 2.87. The third-order valence-electron chi connectivity index (χ3n) is 1.81. The minimum absolute atomic E-state index is 0.175. The van der Waals surface area contributed by atoms with Gasteiger partial charge in [0.25, 0.3) is 0 Å². The first-order valence-corrected chi connectivity index (χ1v) is 3.35. The van der Waals surface area contributed by atoms with Gasteiger partial charge in [-0.1, -0.05) is 0 Å². The molecule has 4 N–H and O–H groups in total. The maximum atomic E-state index is 9.19. The molecular weight excluding hydrogens is 152 g/mol. The lowest BCUT2D eigenvalue weighted by Gasteiger charge is -2.39. The van der Waals surface area contributed by atoms with Crippen molar-refractivity contribution in [1.82, 2.24) is 0 Å². The highest BCUT2D eigenvalue weighted by atomic mass is 16.6. The first kappa shape index (κ1) is 8.89. The number of hydrogen-bond donors (Lipinski definition) is 4. The van der Waals surface area contributed by atoms with Crippen molar-refractivity contribution in [3.63, 3.8) is 0 Å². The van der Waals surface area contributed by atoms with Gasteiger partial charge in [0.05, 0.1) is 6.61 Å². The molecule has 1 heterocycles. The fraction of sp³-hybridized carbons (Fsp3) is 1.00. The third kappa shape index (κ3) is 1.52. The Hall–Kier alpha value is -0.200. The van der Waals surface area contributed by atoms with Crippen LogP contribution in [0.3, 0.4) is 0 Å². The second-order valence-corrected chi connectivity index (χ2v) is 2.87. The quantitative estimate of drug-likeness (QED) is 0.326. The lowest BCUT2D eigenvalue weighted by molar-refractivity contribution is -0.312. The molecule has 0 aromatic rings. The van der Waals surface area contributed by atoms with E-state index in [0.717, 1.165) is 0 Å². The molecule has 0 radical (unpaired) electrons. The molecular formula is C6H12O5. The fourth-order valence-corrected chi connectivity index (χ4v) is 0.965. The number of hydrogen-bond acceptors (Lipinski definition) is 5. The minimum atomic E-state index is -1.77. The third-order valence-corrected chi connectivity index (χ3v) is 1.81. The van der Waals surface area contributed by atoms with Gasteiger partial charge in [-0.3, -0.25) is 0 Å². The van der Waals surface area contributed by atoms with E-state index >= 15 is 0 Å². The molecule has 1 aliphatic rings. The minimum Gasteiger partial charge on any atom is -0.388 e. The summed E-state index contributed by atoms with van der Waals surface area (Å²) < 4.78 is 4.66. The SMILES string of the molecule is CC1(O)OC[C@H](O)C(O)[C@@H]1O. The Morgan fingerprint density at radius 3 is 2.36 bits per heavy atom. The van der Waals surface area contributed by atoms with Crippen molar-refractivity contribution in [2.45, 2.75) is 31.0 Å². The summed E-state index contributed by atoms with van der Waals surface area (Å²) in [5, 5.41) is 36.3. The summed E-state index contributed by atoms with van der Waals surface area (Å²) in [5.41, 5.74) is 0. The van der Waals surface area contributed by atoms with Gasteiger partial charge in [0.1, 0.15) is 18.3 Å². The van der Waals surface area contributed by atoms with E-state index in [0.29, 0.717) is 0 Å². The van der Waals surface area contributed by atoms with Gasteiger partial charge in [0.2, 0.25) is 0 Å². The number of aliphatic hydroxyl groups is 4. The maximum Gasteiger partial charge on any atom is 0.191 e. The monoisotopic (exact) mass is 164 g/mol. The highest BCUT2D eigenvalue weighted by Gasteiger charge is 2.44. The Labute approximate surface area is 63.8 Å². The molecule has 5 nitrogen and oxygen atoms in total. The molecule has 1 rings (SSSR count). The van der Waals surface area contributed by atoms with Crippen molar-refractivity contribution in [2.75, 3.05) is 6.61 Å². The van der Waals surface area contributed by atoms with Crippen molar-refractivity contribution < 1.29 is 25.2 Å². The van der Waals surface area contributed by atoms with Crippen molar-refractivity contribution >= 4 is 0 Å². The average molecular weight is 164 g/mol. The first-order chi connectivity index (χ1) is 4.95. The smallest absolute Gasteiger partial charge is 0.191 e. The van der Waals surface area contributed by atoms with Gasteiger partial charge in [-0.2, -0.15) is 0 Å². The summed E-state index contributed by atoms with van der Waals surface area (Å²) in [5.74, 6) is -1.77. The summed E-state index contributed by atoms with van der Waals surface area (Å²) in [6.07, 6.45) is -3.95. The van der Waals surface area contributed by atoms with Gasteiger partial charge in [0.15, 0.2) is 5.79 Å². The molecule has 2 unspecified atom stereocenters. The van der Waals surface area contributed by atoms with Crippen LogP contribution in [0.2, 0.25) is 0 Å². The summed E-state index contributed by atoms with van der Waals surface area (Å²) in [7, 11) is 0. The van der Waals surface area contributed by atoms with Gasteiger partial charge >= 0.3 is 0 Å². The Kier molecular flexibility index (Phi) is 2.17. The topological polar surface area (TPSA) is 90.2 Å². The van der Waals surface area contributed by atoms with E-state index in [9.17, 15) is 5.11 Å². The van der Waals surface area contributed by atoms with E-state index in [2.05, 4.69) is 4.74 Å². The van der Waals surface area contributed by atoms with Gasteiger partial charge < -0.3 is 25.2 Å². The van der Waals surface area contributed by atoms with E-state index < -0.39 is 24.1 Å². The number of ether oxygens (including phenoxy) is 1. The zero-order valence-electron chi connectivity index (χ0n) is 6.14. The van der Waals surface area contributed by atoms with Crippen LogP contribution in [0.1, 0.15) is 6.92 Å². The van der Waals surface area contributed by atoms with Crippen LogP contribution in [0, 0.1) is 0 Å². The molecule has 0 saturated carbocycles. The van der Waals surface area contributed by atoms with Crippen molar-refractivity contribution in [3.05, 3.63) is 0 Å². The van der Waals surface area contributed by atoms with Crippen molar-refractivity contribution in [1.29, 1.82) is 0 Å². The normalized spacial score (nSPS) is 52.6. The molecule has 1 saturated heterocycles. The molecule has 0 aromatic carbocycles. The Morgan fingerprint density at radius 1 is 1.36 bits per heavy atom. The Morgan fingerprint density at radius 2 is 1.91 bits per heavy atom. The molecule has 0 bridgehead atoms. The zero-order chi connectivity index (χ0) is 8.65. The molecule has 0 spiro atoms. The summed E-state index contributed by atoms with van der Waals surface area (Å²) in [6.45, 7) is 1.05. The van der Waals surface area contributed by atoms with E-state index in [1.54, 1.807) is 0 Å². The second kappa shape index (κ2) is 2.69. The Bertz CT molecular complexity index is 146. The zero-order valence-corrected chi connectivity index (χ0v) is 6.14. The summed E-state index contributed by atoms with van der Waals surface area (Å²) >= 11 is 0.